The largest absolute Gasteiger partial charge is 0.462 e. The summed E-state index contributed by atoms with van der Waals surface area (Å²) >= 11 is 0. The highest BCUT2D eigenvalue weighted by molar-refractivity contribution is 5.71. The van der Waals surface area contributed by atoms with Gasteiger partial charge in [0.05, 0.1) is 0 Å². The predicted octanol–water partition coefficient (Wildman–Crippen LogP) is 19.5. The third-order valence-electron chi connectivity index (χ3n) is 14.0. The van der Waals surface area contributed by atoms with Crippen LogP contribution in [0.3, 0.4) is 0 Å². The first-order chi connectivity index (χ1) is 32.1. The Morgan fingerprint density at radius 1 is 0.303 bits per heavy atom. The Morgan fingerprint density at radius 3 is 0.788 bits per heavy atom. The summed E-state index contributed by atoms with van der Waals surface area (Å²) in [5.41, 5.74) is 0. The smallest absolute Gasteiger partial charge is 0.306 e. The maximum absolute atomic E-state index is 12.8. The van der Waals surface area contributed by atoms with Gasteiger partial charge in [-0.3, -0.25) is 14.4 Å². The summed E-state index contributed by atoms with van der Waals surface area (Å²) in [6.45, 7) is 13.8. The molecular weight excluding hydrogens is 817 g/mol. The highest BCUT2D eigenvalue weighted by Gasteiger charge is 2.19. The van der Waals surface area contributed by atoms with Crippen molar-refractivity contribution in [3.63, 3.8) is 0 Å². The number of unbranched alkanes of at least 4 members (excludes halogenated alkanes) is 35. The van der Waals surface area contributed by atoms with Crippen LogP contribution in [0.25, 0.3) is 0 Å². The summed E-state index contributed by atoms with van der Waals surface area (Å²) < 4.78 is 16.9. The highest BCUT2D eigenvalue weighted by atomic mass is 16.6. The van der Waals surface area contributed by atoms with Gasteiger partial charge >= 0.3 is 17.9 Å². The van der Waals surface area contributed by atoms with Crippen LogP contribution in [0.4, 0.5) is 0 Å². The van der Waals surface area contributed by atoms with Gasteiger partial charge in [-0.15, -0.1) is 0 Å². The molecule has 0 aromatic rings. The number of carbonyl (C=O) groups excluding carboxylic acids is 3. The van der Waals surface area contributed by atoms with Crippen LogP contribution in [-0.2, 0) is 28.6 Å². The monoisotopic (exact) mass is 933 g/mol. The normalized spacial score (nSPS) is 12.5. The average Bonchev–Trinajstić information content (AvgIpc) is 3.29. The molecule has 0 saturated carbocycles. The van der Waals surface area contributed by atoms with Crippen LogP contribution in [0.1, 0.15) is 330 Å². The summed E-state index contributed by atoms with van der Waals surface area (Å²) in [6, 6.07) is 0. The van der Waals surface area contributed by atoms with Crippen molar-refractivity contribution in [2.75, 3.05) is 13.2 Å². The minimum absolute atomic E-state index is 0.0637. The Hall–Kier alpha value is -1.59. The molecule has 0 aliphatic carbocycles. The Labute approximate surface area is 412 Å². The molecule has 0 amide bonds. The van der Waals surface area contributed by atoms with E-state index in [0.29, 0.717) is 19.3 Å². The molecule has 0 bridgehead atoms. The molecule has 6 nitrogen and oxygen atoms in total. The molecule has 0 radical (unpaired) electrons. The molecule has 0 heterocycles. The fourth-order valence-corrected chi connectivity index (χ4v) is 9.14. The topological polar surface area (TPSA) is 78.9 Å². The first-order valence-electron chi connectivity index (χ1n) is 29.6. The molecule has 0 fully saturated rings. The molecule has 66 heavy (non-hydrogen) atoms. The lowest BCUT2D eigenvalue weighted by atomic mass is 9.99. The molecule has 0 spiro atoms. The van der Waals surface area contributed by atoms with Crippen molar-refractivity contribution in [1.82, 2.24) is 0 Å². The Balaban J connectivity index is 4.22. The number of hydrogen-bond acceptors (Lipinski definition) is 6. The zero-order chi connectivity index (χ0) is 48.4. The van der Waals surface area contributed by atoms with Gasteiger partial charge in [0.15, 0.2) is 6.10 Å². The lowest BCUT2D eigenvalue weighted by Gasteiger charge is -2.18. The predicted molar refractivity (Wildman–Crippen MR) is 284 cm³/mol. The van der Waals surface area contributed by atoms with E-state index in [9.17, 15) is 14.4 Å². The second-order valence-electron chi connectivity index (χ2n) is 21.8. The van der Waals surface area contributed by atoms with E-state index in [1.165, 1.54) is 212 Å². The zero-order valence-electron chi connectivity index (χ0n) is 45.5. The first-order valence-corrected chi connectivity index (χ1v) is 29.6. The van der Waals surface area contributed by atoms with Crippen molar-refractivity contribution >= 4 is 17.9 Å². The summed E-state index contributed by atoms with van der Waals surface area (Å²) in [5.74, 6) is 1.70. The molecule has 6 heteroatoms. The Morgan fingerprint density at radius 2 is 0.530 bits per heavy atom. The van der Waals surface area contributed by atoms with E-state index in [0.717, 1.165) is 75.5 Å². The second kappa shape index (κ2) is 51.3. The van der Waals surface area contributed by atoms with Gasteiger partial charge in [-0.25, -0.2) is 0 Å². The van der Waals surface area contributed by atoms with Crippen molar-refractivity contribution in [3.8, 4) is 0 Å². The number of esters is 3. The maximum atomic E-state index is 12.8. The molecule has 1 unspecified atom stereocenters. The van der Waals surface area contributed by atoms with Gasteiger partial charge in [0.1, 0.15) is 13.2 Å². The second-order valence-corrected chi connectivity index (χ2v) is 21.8. The van der Waals surface area contributed by atoms with Crippen LogP contribution in [0.15, 0.2) is 0 Å². The van der Waals surface area contributed by atoms with Crippen molar-refractivity contribution in [1.29, 1.82) is 0 Å². The molecule has 0 saturated heterocycles. The Kier molecular flexibility index (Phi) is 50.0. The first kappa shape index (κ1) is 64.4. The van der Waals surface area contributed by atoms with Crippen LogP contribution < -0.4 is 0 Å². The standard InChI is InChI=1S/C60H116O6/c1-7-56(6)48-42-36-30-24-16-14-12-10-8-9-11-13-15-17-25-31-37-43-49-58(61)64-52-57(66-60(63)51-45-39-33-27-21-19-23-29-35-41-47-55(4)5)53-65-59(62)50-44-38-32-26-20-18-22-28-34-40-46-54(2)3/h54-57H,7-53H2,1-6H3/t56?,57-/m0/s1. The quantitative estimate of drug-likeness (QED) is 0.0343. The van der Waals surface area contributed by atoms with Gasteiger partial charge < -0.3 is 14.2 Å². The minimum Gasteiger partial charge on any atom is -0.462 e. The number of rotatable bonds is 53. The number of ether oxygens (including phenoxy) is 3. The highest BCUT2D eigenvalue weighted by Crippen LogP contribution is 2.19. The van der Waals surface area contributed by atoms with E-state index >= 15 is 0 Å². The molecule has 2 atom stereocenters. The zero-order valence-corrected chi connectivity index (χ0v) is 45.5. The lowest BCUT2D eigenvalue weighted by Crippen LogP contribution is -2.30. The van der Waals surface area contributed by atoms with E-state index < -0.39 is 6.10 Å². The summed E-state index contributed by atoms with van der Waals surface area (Å²) in [7, 11) is 0. The van der Waals surface area contributed by atoms with Gasteiger partial charge in [0.2, 0.25) is 0 Å². The van der Waals surface area contributed by atoms with Gasteiger partial charge in [0.25, 0.3) is 0 Å². The van der Waals surface area contributed by atoms with E-state index in [1.54, 1.807) is 0 Å². The number of carbonyl (C=O) groups is 3. The minimum atomic E-state index is -0.764. The summed E-state index contributed by atoms with van der Waals surface area (Å²) in [5, 5.41) is 0. The lowest BCUT2D eigenvalue weighted by molar-refractivity contribution is -0.167. The average molecular weight is 934 g/mol. The van der Waals surface area contributed by atoms with Gasteiger partial charge in [-0.2, -0.15) is 0 Å². The molecule has 0 aliphatic heterocycles. The maximum Gasteiger partial charge on any atom is 0.306 e. The van der Waals surface area contributed by atoms with Crippen LogP contribution in [0.2, 0.25) is 0 Å². The van der Waals surface area contributed by atoms with Crippen LogP contribution in [-0.4, -0.2) is 37.2 Å². The number of hydrogen-bond donors (Lipinski definition) is 0. The van der Waals surface area contributed by atoms with Crippen LogP contribution in [0, 0.1) is 17.8 Å². The molecule has 392 valence electrons. The summed E-state index contributed by atoms with van der Waals surface area (Å²) in [4.78, 5) is 38.1. The summed E-state index contributed by atoms with van der Waals surface area (Å²) in [6.07, 6.45) is 53.8. The fraction of sp³-hybridized carbons (Fsp3) is 0.950. The molecule has 0 rings (SSSR count). The SMILES string of the molecule is CCC(C)CCCCCCCCCCCCCCCCCCCCC(=O)OC[C@@H](COC(=O)CCCCCCCCCCCCC(C)C)OC(=O)CCCCCCCCCCCCC(C)C. The van der Waals surface area contributed by atoms with Gasteiger partial charge in [0, 0.05) is 19.3 Å². The van der Waals surface area contributed by atoms with E-state index in [4.69, 9.17) is 14.2 Å². The molecule has 0 N–H and O–H groups in total. The van der Waals surface area contributed by atoms with E-state index in [2.05, 4.69) is 41.5 Å². The van der Waals surface area contributed by atoms with Crippen molar-refractivity contribution in [2.24, 2.45) is 17.8 Å². The van der Waals surface area contributed by atoms with Crippen molar-refractivity contribution in [2.45, 2.75) is 337 Å². The molecular formula is C60H116O6. The molecule has 0 aliphatic rings. The Bertz CT molecular complexity index is 1020. The third-order valence-corrected chi connectivity index (χ3v) is 14.0. The van der Waals surface area contributed by atoms with Gasteiger partial charge in [-0.05, 0) is 37.0 Å². The fourth-order valence-electron chi connectivity index (χ4n) is 9.14. The van der Waals surface area contributed by atoms with E-state index in [1.807, 2.05) is 0 Å². The molecule has 0 aromatic heterocycles. The van der Waals surface area contributed by atoms with Gasteiger partial charge in [-0.1, -0.05) is 292 Å². The van der Waals surface area contributed by atoms with Crippen molar-refractivity contribution < 1.29 is 28.6 Å². The van der Waals surface area contributed by atoms with Crippen molar-refractivity contribution in [3.05, 3.63) is 0 Å². The third kappa shape index (κ3) is 51.8. The van der Waals surface area contributed by atoms with E-state index in [-0.39, 0.29) is 31.1 Å². The van der Waals surface area contributed by atoms with Crippen LogP contribution in [0.5, 0.6) is 0 Å². The van der Waals surface area contributed by atoms with Crippen LogP contribution >= 0.6 is 0 Å². The molecule has 0 aromatic carbocycles.